The van der Waals surface area contributed by atoms with Gasteiger partial charge < -0.3 is 24.4 Å². The van der Waals surface area contributed by atoms with Gasteiger partial charge in [0.05, 0.1) is 13.2 Å². The molecule has 0 saturated carbocycles. The van der Waals surface area contributed by atoms with E-state index < -0.39 is 17.5 Å². The predicted octanol–water partition coefficient (Wildman–Crippen LogP) is 2.30. The SMILES string of the molecule is COc1cc(CN2CC[C@H](O)[C@](Cc3ccccc3)(C(=O)O)C2)cc2c1OCO2. The van der Waals surface area contributed by atoms with Crippen LogP contribution < -0.4 is 14.2 Å². The number of carboxylic acids is 1. The number of carbonyl (C=O) groups is 1. The molecule has 0 aromatic heterocycles. The number of aliphatic carboxylic acids is 1. The van der Waals surface area contributed by atoms with Gasteiger partial charge in [-0.1, -0.05) is 30.3 Å². The van der Waals surface area contributed by atoms with Crippen molar-refractivity contribution in [3.8, 4) is 17.2 Å². The lowest BCUT2D eigenvalue weighted by Crippen LogP contribution is -2.56. The minimum atomic E-state index is -1.25. The second-order valence-electron chi connectivity index (χ2n) is 7.67. The standard InChI is InChI=1S/C22H25NO6/c1-27-17-9-16(10-18-20(17)29-14-28-18)12-23-8-7-19(24)22(13-23,21(25)26)11-15-5-3-2-4-6-15/h2-6,9-10,19,24H,7-8,11-14H2,1H3,(H,25,26)/t19-,22+/m0/s1. The molecule has 154 valence electrons. The summed E-state index contributed by atoms with van der Waals surface area (Å²) in [5, 5.41) is 20.8. The zero-order valence-corrected chi connectivity index (χ0v) is 16.3. The Hall–Kier alpha value is -2.77. The number of carboxylic acid groups (broad SMARTS) is 1. The average Bonchev–Trinajstić information content (AvgIpc) is 3.19. The highest BCUT2D eigenvalue weighted by Gasteiger charge is 2.49. The molecule has 1 fully saturated rings. The van der Waals surface area contributed by atoms with Crippen LogP contribution in [-0.4, -0.2) is 54.2 Å². The van der Waals surface area contributed by atoms with Crippen molar-refractivity contribution in [1.29, 1.82) is 0 Å². The first-order valence-corrected chi connectivity index (χ1v) is 9.66. The summed E-state index contributed by atoms with van der Waals surface area (Å²) in [6.45, 7) is 1.56. The molecule has 7 nitrogen and oxygen atoms in total. The number of benzene rings is 2. The molecule has 2 aliphatic heterocycles. The van der Waals surface area contributed by atoms with Crippen molar-refractivity contribution in [3.63, 3.8) is 0 Å². The molecule has 0 amide bonds. The van der Waals surface area contributed by atoms with Crippen LogP contribution in [0.1, 0.15) is 17.5 Å². The Kier molecular flexibility index (Phi) is 5.34. The number of aliphatic hydroxyl groups is 1. The molecule has 7 heteroatoms. The van der Waals surface area contributed by atoms with E-state index in [1.807, 2.05) is 42.5 Å². The maximum Gasteiger partial charge on any atom is 0.313 e. The lowest BCUT2D eigenvalue weighted by molar-refractivity contribution is -0.163. The van der Waals surface area contributed by atoms with Crippen LogP contribution in [0.3, 0.4) is 0 Å². The monoisotopic (exact) mass is 399 g/mol. The summed E-state index contributed by atoms with van der Waals surface area (Å²) in [4.78, 5) is 14.4. The van der Waals surface area contributed by atoms with Crippen LogP contribution in [0.5, 0.6) is 17.2 Å². The van der Waals surface area contributed by atoms with Gasteiger partial charge in [-0.3, -0.25) is 9.69 Å². The highest BCUT2D eigenvalue weighted by Crippen LogP contribution is 2.42. The first-order chi connectivity index (χ1) is 14.0. The fourth-order valence-electron chi connectivity index (χ4n) is 4.25. The van der Waals surface area contributed by atoms with Crippen molar-refractivity contribution < 1.29 is 29.2 Å². The van der Waals surface area contributed by atoms with E-state index in [2.05, 4.69) is 4.90 Å². The largest absolute Gasteiger partial charge is 0.493 e. The molecule has 29 heavy (non-hydrogen) atoms. The quantitative estimate of drug-likeness (QED) is 0.771. The Morgan fingerprint density at radius 1 is 1.24 bits per heavy atom. The number of nitrogens with zero attached hydrogens (tertiary/aromatic N) is 1. The van der Waals surface area contributed by atoms with E-state index in [-0.39, 0.29) is 19.8 Å². The molecular formula is C22H25NO6. The van der Waals surface area contributed by atoms with Crippen molar-refractivity contribution in [2.75, 3.05) is 27.0 Å². The third kappa shape index (κ3) is 3.75. The highest BCUT2D eigenvalue weighted by atomic mass is 16.7. The number of piperidine rings is 1. The third-order valence-electron chi connectivity index (χ3n) is 5.78. The van der Waals surface area contributed by atoms with Crippen LogP contribution >= 0.6 is 0 Å². The summed E-state index contributed by atoms with van der Waals surface area (Å²) in [5.74, 6) is 0.849. The van der Waals surface area contributed by atoms with Gasteiger partial charge in [0.15, 0.2) is 11.5 Å². The highest BCUT2D eigenvalue weighted by molar-refractivity contribution is 5.76. The summed E-state index contributed by atoms with van der Waals surface area (Å²) in [5.41, 5.74) is 0.599. The van der Waals surface area contributed by atoms with E-state index in [0.29, 0.717) is 36.8 Å². The van der Waals surface area contributed by atoms with Crippen LogP contribution in [-0.2, 0) is 17.8 Å². The average molecular weight is 399 g/mol. The zero-order valence-electron chi connectivity index (χ0n) is 16.3. The van der Waals surface area contributed by atoms with Gasteiger partial charge in [0.25, 0.3) is 0 Å². The Bertz CT molecular complexity index is 886. The van der Waals surface area contributed by atoms with E-state index in [1.54, 1.807) is 7.11 Å². The van der Waals surface area contributed by atoms with Crippen molar-refractivity contribution >= 4 is 5.97 Å². The van der Waals surface area contributed by atoms with E-state index in [0.717, 1.165) is 11.1 Å². The molecule has 0 spiro atoms. The topological polar surface area (TPSA) is 88.5 Å². The lowest BCUT2D eigenvalue weighted by atomic mass is 9.72. The number of hydrogen-bond acceptors (Lipinski definition) is 6. The minimum Gasteiger partial charge on any atom is -0.493 e. The first kappa shape index (κ1) is 19.5. The Labute approximate surface area is 169 Å². The summed E-state index contributed by atoms with van der Waals surface area (Å²) < 4.78 is 16.3. The molecule has 0 bridgehead atoms. The van der Waals surface area contributed by atoms with Gasteiger partial charge in [0.1, 0.15) is 5.41 Å². The summed E-state index contributed by atoms with van der Waals surface area (Å²) in [7, 11) is 1.58. The molecule has 2 N–H and O–H groups in total. The second-order valence-corrected chi connectivity index (χ2v) is 7.67. The molecule has 0 unspecified atom stereocenters. The van der Waals surface area contributed by atoms with Gasteiger partial charge >= 0.3 is 5.97 Å². The zero-order chi connectivity index (χ0) is 20.4. The van der Waals surface area contributed by atoms with Crippen molar-refractivity contribution in [1.82, 2.24) is 4.90 Å². The molecule has 2 aromatic rings. The summed E-state index contributed by atoms with van der Waals surface area (Å²) >= 11 is 0. The number of rotatable bonds is 6. The van der Waals surface area contributed by atoms with Crippen LogP contribution in [0, 0.1) is 5.41 Å². The lowest BCUT2D eigenvalue weighted by Gasteiger charge is -2.43. The summed E-state index contributed by atoms with van der Waals surface area (Å²) in [6.07, 6.45) is -0.214. The Morgan fingerprint density at radius 2 is 2.03 bits per heavy atom. The number of ether oxygens (including phenoxy) is 3. The van der Waals surface area contributed by atoms with Crippen molar-refractivity contribution in [2.45, 2.75) is 25.5 Å². The molecule has 2 atom stereocenters. The maximum absolute atomic E-state index is 12.3. The van der Waals surface area contributed by atoms with Gasteiger partial charge in [-0.05, 0) is 36.1 Å². The van der Waals surface area contributed by atoms with E-state index in [9.17, 15) is 15.0 Å². The van der Waals surface area contributed by atoms with Crippen LogP contribution in [0.4, 0.5) is 0 Å². The van der Waals surface area contributed by atoms with Crippen molar-refractivity contribution in [3.05, 3.63) is 53.6 Å². The van der Waals surface area contributed by atoms with Gasteiger partial charge in [-0.15, -0.1) is 0 Å². The van der Waals surface area contributed by atoms with E-state index >= 15 is 0 Å². The smallest absolute Gasteiger partial charge is 0.313 e. The molecule has 4 rings (SSSR count). The van der Waals surface area contributed by atoms with Crippen LogP contribution in [0.2, 0.25) is 0 Å². The van der Waals surface area contributed by atoms with Gasteiger partial charge in [0.2, 0.25) is 12.5 Å². The first-order valence-electron chi connectivity index (χ1n) is 9.66. The van der Waals surface area contributed by atoms with Crippen LogP contribution in [0.15, 0.2) is 42.5 Å². The molecule has 0 aliphatic carbocycles. The molecule has 2 heterocycles. The fourth-order valence-corrected chi connectivity index (χ4v) is 4.25. The molecule has 0 radical (unpaired) electrons. The number of methoxy groups -OCH3 is 1. The Balaban J connectivity index is 1.57. The normalized spacial score (nSPS) is 23.7. The third-order valence-corrected chi connectivity index (χ3v) is 5.78. The van der Waals surface area contributed by atoms with E-state index in [1.165, 1.54) is 0 Å². The van der Waals surface area contributed by atoms with E-state index in [4.69, 9.17) is 14.2 Å². The van der Waals surface area contributed by atoms with Gasteiger partial charge in [0, 0.05) is 19.6 Å². The number of aliphatic hydroxyl groups excluding tert-OH is 1. The number of likely N-dealkylation sites (tertiary alicyclic amines) is 1. The minimum absolute atomic E-state index is 0.157. The van der Waals surface area contributed by atoms with Gasteiger partial charge in [-0.25, -0.2) is 0 Å². The van der Waals surface area contributed by atoms with Gasteiger partial charge in [-0.2, -0.15) is 0 Å². The molecule has 2 aliphatic rings. The summed E-state index contributed by atoms with van der Waals surface area (Å²) in [6, 6.07) is 13.3. The predicted molar refractivity (Wildman–Crippen MR) is 105 cm³/mol. The number of hydrogen-bond donors (Lipinski definition) is 2. The Morgan fingerprint density at radius 3 is 2.76 bits per heavy atom. The number of fused-ring (bicyclic) bond motifs is 1. The molecule has 1 saturated heterocycles. The maximum atomic E-state index is 12.3. The molecule has 2 aromatic carbocycles. The second kappa shape index (κ2) is 7.93. The van der Waals surface area contributed by atoms with Crippen LogP contribution in [0.25, 0.3) is 0 Å². The van der Waals surface area contributed by atoms with Crippen molar-refractivity contribution in [2.24, 2.45) is 5.41 Å². The molecular weight excluding hydrogens is 374 g/mol. The fraction of sp³-hybridized carbons (Fsp3) is 0.409.